The SMILES string of the molecule is C=CC[C](C)C(C)Cl. The highest BCUT2D eigenvalue weighted by molar-refractivity contribution is 6.21. The van der Waals surface area contributed by atoms with Crippen LogP contribution in [0.1, 0.15) is 20.3 Å². The Kier molecular flexibility index (Phi) is 3.98. The smallest absolute Gasteiger partial charge is 0.0370 e. The lowest BCUT2D eigenvalue weighted by Gasteiger charge is -2.08. The molecule has 1 unspecified atom stereocenters. The van der Waals surface area contributed by atoms with E-state index in [9.17, 15) is 0 Å². The highest BCUT2D eigenvalue weighted by atomic mass is 35.5. The van der Waals surface area contributed by atoms with Crippen LogP contribution >= 0.6 is 11.6 Å². The fourth-order valence-electron chi connectivity index (χ4n) is 0.390. The van der Waals surface area contributed by atoms with Crippen LogP contribution in [-0.4, -0.2) is 5.38 Å². The Balaban J connectivity index is 3.30. The molecule has 0 aliphatic carbocycles. The number of halogens is 1. The molecular formula is C7H12Cl. The lowest BCUT2D eigenvalue weighted by molar-refractivity contribution is 0.868. The normalized spacial score (nSPS) is 14.0. The predicted octanol–water partition coefficient (Wildman–Crippen LogP) is 2.78. The van der Waals surface area contributed by atoms with Gasteiger partial charge in [0.2, 0.25) is 0 Å². The van der Waals surface area contributed by atoms with Crippen LogP contribution in [0.2, 0.25) is 0 Å². The second-order valence-electron chi connectivity index (χ2n) is 1.96. The molecule has 47 valence electrons. The van der Waals surface area contributed by atoms with Crippen molar-refractivity contribution >= 4 is 11.6 Å². The monoisotopic (exact) mass is 131 g/mol. The van der Waals surface area contributed by atoms with Gasteiger partial charge in [-0.3, -0.25) is 0 Å². The van der Waals surface area contributed by atoms with Crippen LogP contribution in [0, 0.1) is 5.92 Å². The molecule has 1 heteroatoms. The van der Waals surface area contributed by atoms with Crippen molar-refractivity contribution in [2.45, 2.75) is 25.6 Å². The van der Waals surface area contributed by atoms with Crippen LogP contribution in [-0.2, 0) is 0 Å². The predicted molar refractivity (Wildman–Crippen MR) is 39.0 cm³/mol. The van der Waals surface area contributed by atoms with Gasteiger partial charge in [-0.15, -0.1) is 18.2 Å². The molecule has 0 heterocycles. The van der Waals surface area contributed by atoms with E-state index in [2.05, 4.69) is 6.58 Å². The van der Waals surface area contributed by atoms with Gasteiger partial charge in [-0.1, -0.05) is 13.0 Å². The van der Waals surface area contributed by atoms with Crippen molar-refractivity contribution in [1.29, 1.82) is 0 Å². The molecule has 1 radical (unpaired) electrons. The molecule has 0 aromatic rings. The van der Waals surface area contributed by atoms with Gasteiger partial charge in [-0.05, 0) is 19.3 Å². The largest absolute Gasteiger partial charge is 0.123 e. The minimum atomic E-state index is 0.188. The summed E-state index contributed by atoms with van der Waals surface area (Å²) in [5, 5.41) is 0.188. The van der Waals surface area contributed by atoms with Gasteiger partial charge in [-0.2, -0.15) is 0 Å². The van der Waals surface area contributed by atoms with Gasteiger partial charge in [0.05, 0.1) is 0 Å². The molecule has 0 aromatic heterocycles. The van der Waals surface area contributed by atoms with Gasteiger partial charge in [0.25, 0.3) is 0 Å². The molecule has 0 nitrogen and oxygen atoms in total. The van der Waals surface area contributed by atoms with E-state index in [1.165, 1.54) is 5.92 Å². The standard InChI is InChI=1S/C7H12Cl/c1-4-5-6(2)7(3)8/h4,7H,1,5H2,2-3H3. The number of hydrogen-bond donors (Lipinski definition) is 0. The van der Waals surface area contributed by atoms with Crippen molar-refractivity contribution in [2.75, 3.05) is 0 Å². The van der Waals surface area contributed by atoms with Crippen LogP contribution in [0.15, 0.2) is 12.7 Å². The summed E-state index contributed by atoms with van der Waals surface area (Å²) >= 11 is 5.72. The zero-order chi connectivity index (χ0) is 6.57. The highest BCUT2D eigenvalue weighted by Crippen LogP contribution is 2.15. The van der Waals surface area contributed by atoms with Gasteiger partial charge in [0.15, 0.2) is 0 Å². The van der Waals surface area contributed by atoms with Crippen molar-refractivity contribution < 1.29 is 0 Å². The molecule has 0 N–H and O–H groups in total. The van der Waals surface area contributed by atoms with E-state index < -0.39 is 0 Å². The van der Waals surface area contributed by atoms with E-state index in [4.69, 9.17) is 11.6 Å². The number of rotatable bonds is 3. The molecule has 0 aromatic carbocycles. The summed E-state index contributed by atoms with van der Waals surface area (Å²) < 4.78 is 0. The van der Waals surface area contributed by atoms with Crippen LogP contribution < -0.4 is 0 Å². The average Bonchev–Trinajstić information content (AvgIpc) is 1.67. The van der Waals surface area contributed by atoms with Crippen LogP contribution in [0.25, 0.3) is 0 Å². The molecule has 8 heavy (non-hydrogen) atoms. The summed E-state index contributed by atoms with van der Waals surface area (Å²) in [6.07, 6.45) is 2.80. The van der Waals surface area contributed by atoms with Crippen LogP contribution in [0.5, 0.6) is 0 Å². The van der Waals surface area contributed by atoms with Gasteiger partial charge >= 0.3 is 0 Å². The number of alkyl halides is 1. The molecule has 0 saturated heterocycles. The van der Waals surface area contributed by atoms with Gasteiger partial charge in [0.1, 0.15) is 0 Å². The number of allylic oxidation sites excluding steroid dienone is 1. The Hall–Kier alpha value is 0.0300. The molecule has 0 aliphatic rings. The van der Waals surface area contributed by atoms with Crippen molar-refractivity contribution in [1.82, 2.24) is 0 Å². The fourth-order valence-corrected chi connectivity index (χ4v) is 0.479. The van der Waals surface area contributed by atoms with Gasteiger partial charge < -0.3 is 0 Å². The summed E-state index contributed by atoms with van der Waals surface area (Å²) in [5.41, 5.74) is 0. The molecule has 0 amide bonds. The van der Waals surface area contributed by atoms with Crippen molar-refractivity contribution in [3.8, 4) is 0 Å². The summed E-state index contributed by atoms with van der Waals surface area (Å²) in [6.45, 7) is 7.62. The molecule has 0 spiro atoms. The average molecular weight is 132 g/mol. The zero-order valence-electron chi connectivity index (χ0n) is 5.45. The third-order valence-electron chi connectivity index (χ3n) is 1.15. The maximum atomic E-state index is 5.72. The molecule has 0 aliphatic heterocycles. The van der Waals surface area contributed by atoms with E-state index >= 15 is 0 Å². The maximum Gasteiger partial charge on any atom is 0.0370 e. The first kappa shape index (κ1) is 8.03. The quantitative estimate of drug-likeness (QED) is 0.408. The fraction of sp³-hybridized carbons (Fsp3) is 0.571. The molecule has 1 atom stereocenters. The molecular weight excluding hydrogens is 120 g/mol. The maximum absolute atomic E-state index is 5.72. The van der Waals surface area contributed by atoms with Crippen molar-refractivity contribution in [3.05, 3.63) is 18.6 Å². The van der Waals surface area contributed by atoms with Crippen LogP contribution in [0.4, 0.5) is 0 Å². The molecule has 0 fully saturated rings. The van der Waals surface area contributed by atoms with E-state index in [-0.39, 0.29) is 5.38 Å². The Bertz CT molecular complexity index is 66.8. The Morgan fingerprint density at radius 1 is 1.88 bits per heavy atom. The molecule has 0 bridgehead atoms. The first-order valence-corrected chi connectivity index (χ1v) is 3.19. The van der Waals surface area contributed by atoms with E-state index in [1.807, 2.05) is 19.9 Å². The summed E-state index contributed by atoms with van der Waals surface area (Å²) in [7, 11) is 0. The van der Waals surface area contributed by atoms with E-state index in [0.717, 1.165) is 6.42 Å². The zero-order valence-corrected chi connectivity index (χ0v) is 6.20. The third kappa shape index (κ3) is 3.09. The third-order valence-corrected chi connectivity index (χ3v) is 1.52. The van der Waals surface area contributed by atoms with E-state index in [0.29, 0.717) is 0 Å². The topological polar surface area (TPSA) is 0 Å². The molecule has 0 rings (SSSR count). The second-order valence-corrected chi connectivity index (χ2v) is 2.61. The first-order chi connectivity index (χ1) is 3.68. The summed E-state index contributed by atoms with van der Waals surface area (Å²) in [6, 6.07) is 0. The van der Waals surface area contributed by atoms with Gasteiger partial charge in [-0.25, -0.2) is 0 Å². The molecule has 0 saturated carbocycles. The highest BCUT2D eigenvalue weighted by Gasteiger charge is 2.05. The van der Waals surface area contributed by atoms with Crippen LogP contribution in [0.3, 0.4) is 0 Å². The van der Waals surface area contributed by atoms with Crippen molar-refractivity contribution in [3.63, 3.8) is 0 Å². The van der Waals surface area contributed by atoms with Crippen molar-refractivity contribution in [2.24, 2.45) is 0 Å². The Labute approximate surface area is 56.5 Å². The Morgan fingerprint density at radius 2 is 2.38 bits per heavy atom. The second kappa shape index (κ2) is 3.96. The summed E-state index contributed by atoms with van der Waals surface area (Å²) in [4.78, 5) is 0. The first-order valence-electron chi connectivity index (χ1n) is 2.75. The lowest BCUT2D eigenvalue weighted by atomic mass is 10.1. The summed E-state index contributed by atoms with van der Waals surface area (Å²) in [5.74, 6) is 1.28. The lowest BCUT2D eigenvalue weighted by Crippen LogP contribution is -2.01. The van der Waals surface area contributed by atoms with Gasteiger partial charge in [0, 0.05) is 5.38 Å². The van der Waals surface area contributed by atoms with E-state index in [1.54, 1.807) is 0 Å². The Morgan fingerprint density at radius 3 is 2.50 bits per heavy atom. The minimum absolute atomic E-state index is 0.188. The number of hydrogen-bond acceptors (Lipinski definition) is 0. The minimum Gasteiger partial charge on any atom is -0.123 e.